The van der Waals surface area contributed by atoms with Gasteiger partial charge in [-0.2, -0.15) is 0 Å². The summed E-state index contributed by atoms with van der Waals surface area (Å²) in [5.41, 5.74) is 0.799. The quantitative estimate of drug-likeness (QED) is 0.886. The summed E-state index contributed by atoms with van der Waals surface area (Å²) in [4.78, 5) is 12.4. The number of amides is 1. The number of carbonyl (C=O) groups is 1. The molecule has 0 aromatic heterocycles. The van der Waals surface area contributed by atoms with Crippen molar-refractivity contribution in [1.29, 1.82) is 0 Å². The molecule has 2 rings (SSSR count). The van der Waals surface area contributed by atoms with Gasteiger partial charge < -0.3 is 5.32 Å². The summed E-state index contributed by atoms with van der Waals surface area (Å²) in [6.07, 6.45) is 1.07. The Bertz CT molecular complexity index is 850. The Morgan fingerprint density at radius 1 is 1.13 bits per heavy atom. The minimum absolute atomic E-state index is 0.00750. The van der Waals surface area contributed by atoms with Crippen LogP contribution >= 0.6 is 23.2 Å². The summed E-state index contributed by atoms with van der Waals surface area (Å²) in [5, 5.41) is 3.69. The van der Waals surface area contributed by atoms with Crippen LogP contribution in [0.2, 0.25) is 10.0 Å². The highest BCUT2D eigenvalue weighted by atomic mass is 35.5. The molecule has 2 aromatic rings. The molecule has 0 bridgehead atoms. The first-order valence-electron chi connectivity index (χ1n) is 6.75. The van der Waals surface area contributed by atoms with E-state index in [1.807, 2.05) is 0 Å². The average molecular weight is 372 g/mol. The molecule has 0 saturated carbocycles. The molecule has 0 aliphatic carbocycles. The van der Waals surface area contributed by atoms with Gasteiger partial charge in [-0.25, -0.2) is 8.42 Å². The molecule has 1 N–H and O–H groups in total. The summed E-state index contributed by atoms with van der Waals surface area (Å²) in [6.45, 7) is 1.76. The first-order valence-corrected chi connectivity index (χ1v) is 9.40. The first kappa shape index (κ1) is 17.8. The van der Waals surface area contributed by atoms with Gasteiger partial charge in [0.15, 0.2) is 9.84 Å². The van der Waals surface area contributed by atoms with Crippen LogP contribution in [0.15, 0.2) is 47.4 Å². The molecule has 1 unspecified atom stereocenters. The third-order valence-corrected chi connectivity index (χ3v) is 5.03. The molecule has 4 nitrogen and oxygen atoms in total. The van der Waals surface area contributed by atoms with Crippen LogP contribution in [0.1, 0.15) is 28.9 Å². The molecule has 122 valence electrons. The number of hydrogen-bond acceptors (Lipinski definition) is 3. The van der Waals surface area contributed by atoms with E-state index in [0.29, 0.717) is 15.6 Å². The molecular formula is C16H15Cl2NO3S. The largest absolute Gasteiger partial charge is 0.345 e. The maximum Gasteiger partial charge on any atom is 0.253 e. The number of rotatable bonds is 4. The van der Waals surface area contributed by atoms with Gasteiger partial charge in [0.1, 0.15) is 0 Å². The van der Waals surface area contributed by atoms with Crippen LogP contribution in [0.4, 0.5) is 0 Å². The number of nitrogens with one attached hydrogen (secondary N) is 1. The molecule has 0 fully saturated rings. The summed E-state index contributed by atoms with van der Waals surface area (Å²) in [5.74, 6) is -0.482. The van der Waals surface area contributed by atoms with Crippen LogP contribution in [-0.2, 0) is 9.84 Å². The van der Waals surface area contributed by atoms with Crippen LogP contribution in [0.25, 0.3) is 0 Å². The zero-order valence-electron chi connectivity index (χ0n) is 12.5. The van der Waals surface area contributed by atoms with Crippen molar-refractivity contribution in [3.63, 3.8) is 0 Å². The lowest BCUT2D eigenvalue weighted by atomic mass is 10.1. The predicted octanol–water partition coefficient (Wildman–Crippen LogP) is 3.89. The molecular weight excluding hydrogens is 357 g/mol. The maximum absolute atomic E-state index is 12.4. The molecule has 7 heteroatoms. The summed E-state index contributed by atoms with van der Waals surface area (Å²) < 4.78 is 23.6. The molecule has 0 radical (unpaired) electrons. The number of sulfone groups is 1. The molecule has 0 heterocycles. The lowest BCUT2D eigenvalue weighted by molar-refractivity contribution is 0.0936. The zero-order valence-corrected chi connectivity index (χ0v) is 14.8. The fraction of sp³-hybridized carbons (Fsp3) is 0.188. The fourth-order valence-corrected chi connectivity index (χ4v) is 3.64. The van der Waals surface area contributed by atoms with E-state index in [9.17, 15) is 13.2 Å². The fourth-order valence-electron chi connectivity index (χ4n) is 2.18. The smallest absolute Gasteiger partial charge is 0.253 e. The van der Waals surface area contributed by atoms with Crippen LogP contribution < -0.4 is 5.32 Å². The second kappa shape index (κ2) is 6.91. The standard InChI is InChI=1S/C16H15Cl2NO3S/c1-10(12-8-7-11(17)9-14(12)18)19-16(20)13-5-3-4-6-15(13)23(2,21)22/h3-10H,1-2H3,(H,19,20). The van der Waals surface area contributed by atoms with Crippen molar-refractivity contribution in [2.75, 3.05) is 6.26 Å². The van der Waals surface area contributed by atoms with E-state index in [-0.39, 0.29) is 10.5 Å². The molecule has 23 heavy (non-hydrogen) atoms. The van der Waals surface area contributed by atoms with Crippen molar-refractivity contribution >= 4 is 38.9 Å². The van der Waals surface area contributed by atoms with Crippen molar-refractivity contribution in [3.05, 3.63) is 63.6 Å². The Morgan fingerprint density at radius 3 is 2.39 bits per heavy atom. The van der Waals surface area contributed by atoms with E-state index in [1.54, 1.807) is 37.3 Å². The van der Waals surface area contributed by atoms with Gasteiger partial charge in [0.2, 0.25) is 0 Å². The van der Waals surface area contributed by atoms with Gasteiger partial charge in [0.25, 0.3) is 5.91 Å². The monoisotopic (exact) mass is 371 g/mol. The van der Waals surface area contributed by atoms with Crippen LogP contribution in [0, 0.1) is 0 Å². The van der Waals surface area contributed by atoms with Gasteiger partial charge in [-0.3, -0.25) is 4.79 Å². The SMILES string of the molecule is CC(NC(=O)c1ccccc1S(C)(=O)=O)c1ccc(Cl)cc1Cl. The highest BCUT2D eigenvalue weighted by Crippen LogP contribution is 2.26. The van der Waals surface area contributed by atoms with Crippen LogP contribution in [0.3, 0.4) is 0 Å². The van der Waals surface area contributed by atoms with Gasteiger partial charge in [-0.15, -0.1) is 0 Å². The number of benzene rings is 2. The van der Waals surface area contributed by atoms with E-state index in [4.69, 9.17) is 23.2 Å². The van der Waals surface area contributed by atoms with E-state index in [0.717, 1.165) is 6.26 Å². The minimum atomic E-state index is -3.50. The summed E-state index contributed by atoms with van der Waals surface area (Å²) in [6, 6.07) is 10.7. The Hall–Kier alpha value is -1.56. The Kier molecular flexibility index (Phi) is 5.34. The third-order valence-electron chi connectivity index (χ3n) is 3.31. The van der Waals surface area contributed by atoms with Crippen molar-refractivity contribution < 1.29 is 13.2 Å². The van der Waals surface area contributed by atoms with Crippen molar-refractivity contribution in [3.8, 4) is 0 Å². The molecule has 0 spiro atoms. The van der Waals surface area contributed by atoms with E-state index < -0.39 is 21.8 Å². The first-order chi connectivity index (χ1) is 10.7. The van der Waals surface area contributed by atoms with Crippen molar-refractivity contribution in [2.45, 2.75) is 17.9 Å². The van der Waals surface area contributed by atoms with Crippen LogP contribution in [0.5, 0.6) is 0 Å². The van der Waals surface area contributed by atoms with Gasteiger partial charge in [0.05, 0.1) is 16.5 Å². The highest BCUT2D eigenvalue weighted by molar-refractivity contribution is 7.90. The molecule has 0 aliphatic heterocycles. The van der Waals surface area contributed by atoms with Gasteiger partial charge in [0, 0.05) is 16.3 Å². The Balaban J connectivity index is 2.29. The van der Waals surface area contributed by atoms with Crippen molar-refractivity contribution in [1.82, 2.24) is 5.32 Å². The summed E-state index contributed by atoms with van der Waals surface area (Å²) in [7, 11) is -3.50. The lowest BCUT2D eigenvalue weighted by Crippen LogP contribution is -2.28. The molecule has 2 aromatic carbocycles. The lowest BCUT2D eigenvalue weighted by Gasteiger charge is -2.17. The van der Waals surface area contributed by atoms with E-state index >= 15 is 0 Å². The number of hydrogen-bond donors (Lipinski definition) is 1. The number of carbonyl (C=O) groups excluding carboxylic acids is 1. The van der Waals surface area contributed by atoms with E-state index in [1.165, 1.54) is 12.1 Å². The normalized spacial score (nSPS) is 12.7. The summed E-state index contributed by atoms with van der Waals surface area (Å²) >= 11 is 12.0. The van der Waals surface area contributed by atoms with Gasteiger partial charge >= 0.3 is 0 Å². The molecule has 0 aliphatic rings. The van der Waals surface area contributed by atoms with Crippen molar-refractivity contribution in [2.24, 2.45) is 0 Å². The average Bonchev–Trinajstić information content (AvgIpc) is 2.46. The second-order valence-electron chi connectivity index (χ2n) is 5.13. The molecule has 1 atom stereocenters. The Morgan fingerprint density at radius 2 is 1.78 bits per heavy atom. The zero-order chi connectivity index (χ0) is 17.2. The van der Waals surface area contributed by atoms with Gasteiger partial charge in [-0.1, -0.05) is 41.4 Å². The second-order valence-corrected chi connectivity index (χ2v) is 7.96. The highest BCUT2D eigenvalue weighted by Gasteiger charge is 2.20. The minimum Gasteiger partial charge on any atom is -0.345 e. The van der Waals surface area contributed by atoms with E-state index in [2.05, 4.69) is 5.32 Å². The number of halogens is 2. The predicted molar refractivity (Wildman–Crippen MR) is 91.9 cm³/mol. The Labute approximate surface area is 145 Å². The van der Waals surface area contributed by atoms with Gasteiger partial charge in [-0.05, 0) is 36.8 Å². The third kappa shape index (κ3) is 4.25. The topological polar surface area (TPSA) is 63.2 Å². The van der Waals surface area contributed by atoms with Crippen LogP contribution in [-0.4, -0.2) is 20.6 Å². The maximum atomic E-state index is 12.4. The molecule has 0 saturated heterocycles. The molecule has 1 amide bonds.